The monoisotopic (exact) mass is 272 g/mol. The Balaban J connectivity index is 1.81. The Labute approximate surface area is 118 Å². The van der Waals surface area contributed by atoms with Crippen molar-refractivity contribution in [1.82, 2.24) is 20.2 Å². The maximum Gasteiger partial charge on any atom is 0.243 e. The summed E-state index contributed by atoms with van der Waals surface area (Å²) in [6.45, 7) is 1.38. The lowest BCUT2D eigenvalue weighted by Crippen LogP contribution is -2.24. The molecule has 0 aliphatic heterocycles. The Bertz CT molecular complexity index is 601. The molecule has 0 unspecified atom stereocenters. The van der Waals surface area contributed by atoms with Gasteiger partial charge in [0.2, 0.25) is 5.91 Å². The van der Waals surface area contributed by atoms with Gasteiger partial charge in [-0.1, -0.05) is 6.08 Å². The first-order valence-corrected chi connectivity index (χ1v) is 6.67. The van der Waals surface area contributed by atoms with E-state index in [0.717, 1.165) is 24.0 Å². The van der Waals surface area contributed by atoms with Crippen LogP contribution in [0.2, 0.25) is 0 Å². The Morgan fingerprint density at radius 2 is 2.35 bits per heavy atom. The molecule has 0 saturated carbocycles. The molecule has 0 radical (unpaired) electrons. The van der Waals surface area contributed by atoms with Crippen LogP contribution in [-0.4, -0.2) is 48.0 Å². The molecule has 0 aromatic carbocycles. The number of carbonyl (C=O) groups excluding carboxylic acids is 1. The first-order chi connectivity index (χ1) is 9.66. The van der Waals surface area contributed by atoms with E-state index in [9.17, 15) is 4.79 Å². The van der Waals surface area contributed by atoms with E-state index in [2.05, 4.69) is 15.3 Å². The third-order valence-corrected chi connectivity index (χ3v) is 2.97. The molecule has 0 atom stereocenters. The van der Waals surface area contributed by atoms with Crippen LogP contribution in [0.1, 0.15) is 5.56 Å². The Morgan fingerprint density at radius 3 is 3.15 bits per heavy atom. The van der Waals surface area contributed by atoms with Crippen molar-refractivity contribution in [1.29, 1.82) is 0 Å². The molecule has 0 aliphatic rings. The SMILES string of the molecule is CN(C)C/C=C/C(=O)NCCc1c[nH]c2ncccc12. The molecule has 106 valence electrons. The number of H-pyrrole nitrogens is 1. The zero-order chi connectivity index (χ0) is 14.4. The molecular weight excluding hydrogens is 252 g/mol. The highest BCUT2D eigenvalue weighted by Crippen LogP contribution is 2.15. The molecule has 0 aliphatic carbocycles. The summed E-state index contributed by atoms with van der Waals surface area (Å²) in [4.78, 5) is 21.0. The molecule has 2 aromatic rings. The van der Waals surface area contributed by atoms with Crippen LogP contribution in [0, 0.1) is 0 Å². The van der Waals surface area contributed by atoms with Crippen LogP contribution in [0.3, 0.4) is 0 Å². The van der Waals surface area contributed by atoms with E-state index in [1.807, 2.05) is 43.4 Å². The fourth-order valence-electron chi connectivity index (χ4n) is 1.97. The molecule has 5 nitrogen and oxygen atoms in total. The minimum atomic E-state index is -0.0511. The van der Waals surface area contributed by atoms with E-state index in [1.165, 1.54) is 5.56 Å². The summed E-state index contributed by atoms with van der Waals surface area (Å²) in [5.74, 6) is -0.0511. The van der Waals surface area contributed by atoms with Crippen molar-refractivity contribution >= 4 is 16.9 Å². The first-order valence-electron chi connectivity index (χ1n) is 6.67. The number of carbonyl (C=O) groups is 1. The predicted octanol–water partition coefficient (Wildman–Crippen LogP) is 1.34. The molecule has 0 saturated heterocycles. The number of fused-ring (bicyclic) bond motifs is 1. The maximum atomic E-state index is 11.6. The highest BCUT2D eigenvalue weighted by molar-refractivity contribution is 5.87. The van der Waals surface area contributed by atoms with Crippen molar-refractivity contribution in [2.24, 2.45) is 0 Å². The van der Waals surface area contributed by atoms with Crippen LogP contribution in [0.25, 0.3) is 11.0 Å². The van der Waals surface area contributed by atoms with Gasteiger partial charge in [0.1, 0.15) is 5.65 Å². The van der Waals surface area contributed by atoms with Gasteiger partial charge >= 0.3 is 0 Å². The summed E-state index contributed by atoms with van der Waals surface area (Å²) in [5.41, 5.74) is 2.06. The summed E-state index contributed by atoms with van der Waals surface area (Å²) in [5, 5.41) is 4.00. The number of aromatic nitrogens is 2. The lowest BCUT2D eigenvalue weighted by molar-refractivity contribution is -0.116. The fourth-order valence-corrected chi connectivity index (χ4v) is 1.97. The number of hydrogen-bond acceptors (Lipinski definition) is 3. The van der Waals surface area contributed by atoms with Gasteiger partial charge in [0, 0.05) is 36.9 Å². The smallest absolute Gasteiger partial charge is 0.243 e. The third-order valence-electron chi connectivity index (χ3n) is 2.97. The highest BCUT2D eigenvalue weighted by atomic mass is 16.1. The van der Waals surface area contributed by atoms with Crippen molar-refractivity contribution in [2.75, 3.05) is 27.2 Å². The zero-order valence-electron chi connectivity index (χ0n) is 11.9. The molecule has 2 aromatic heterocycles. The van der Waals surface area contributed by atoms with Crippen LogP contribution >= 0.6 is 0 Å². The lowest BCUT2D eigenvalue weighted by atomic mass is 10.1. The van der Waals surface area contributed by atoms with Gasteiger partial charge < -0.3 is 15.2 Å². The van der Waals surface area contributed by atoms with Gasteiger partial charge in [0.15, 0.2) is 0 Å². The van der Waals surface area contributed by atoms with Crippen LogP contribution in [0.4, 0.5) is 0 Å². The summed E-state index contributed by atoms with van der Waals surface area (Å²) in [7, 11) is 3.93. The molecule has 0 bridgehead atoms. The van der Waals surface area contributed by atoms with Crippen LogP contribution in [-0.2, 0) is 11.2 Å². The van der Waals surface area contributed by atoms with Gasteiger partial charge in [-0.25, -0.2) is 4.98 Å². The second-order valence-electron chi connectivity index (χ2n) is 4.92. The fraction of sp³-hybridized carbons (Fsp3) is 0.333. The first kappa shape index (κ1) is 14.3. The molecule has 5 heteroatoms. The average molecular weight is 272 g/mol. The van der Waals surface area contributed by atoms with E-state index >= 15 is 0 Å². The van der Waals surface area contributed by atoms with E-state index < -0.39 is 0 Å². The number of amides is 1. The van der Waals surface area contributed by atoms with E-state index in [-0.39, 0.29) is 5.91 Å². The van der Waals surface area contributed by atoms with Crippen molar-refractivity contribution in [2.45, 2.75) is 6.42 Å². The zero-order valence-corrected chi connectivity index (χ0v) is 11.9. The van der Waals surface area contributed by atoms with Crippen molar-refractivity contribution < 1.29 is 4.79 Å². The normalized spacial score (nSPS) is 11.6. The van der Waals surface area contributed by atoms with Crippen LogP contribution < -0.4 is 5.32 Å². The van der Waals surface area contributed by atoms with Gasteiger partial charge in [-0.15, -0.1) is 0 Å². The molecule has 20 heavy (non-hydrogen) atoms. The highest BCUT2D eigenvalue weighted by Gasteiger charge is 2.03. The van der Waals surface area contributed by atoms with Gasteiger partial charge in [0.05, 0.1) is 0 Å². The summed E-state index contributed by atoms with van der Waals surface area (Å²) < 4.78 is 0. The van der Waals surface area contributed by atoms with Gasteiger partial charge in [-0.05, 0) is 38.2 Å². The number of nitrogens with zero attached hydrogens (tertiary/aromatic N) is 2. The second kappa shape index (κ2) is 6.86. The maximum absolute atomic E-state index is 11.6. The van der Waals surface area contributed by atoms with Crippen LogP contribution in [0.15, 0.2) is 36.7 Å². The van der Waals surface area contributed by atoms with E-state index in [1.54, 1.807) is 12.3 Å². The quantitative estimate of drug-likeness (QED) is 0.780. The number of hydrogen-bond donors (Lipinski definition) is 2. The van der Waals surface area contributed by atoms with E-state index in [0.29, 0.717) is 6.54 Å². The van der Waals surface area contributed by atoms with Crippen LogP contribution in [0.5, 0.6) is 0 Å². The third kappa shape index (κ3) is 3.93. The molecule has 0 spiro atoms. The molecular formula is C15H20N4O. The molecule has 2 heterocycles. The molecule has 0 fully saturated rings. The number of nitrogens with one attached hydrogen (secondary N) is 2. The summed E-state index contributed by atoms with van der Waals surface area (Å²) >= 11 is 0. The van der Waals surface area contributed by atoms with E-state index in [4.69, 9.17) is 0 Å². The Morgan fingerprint density at radius 1 is 1.50 bits per heavy atom. The minimum absolute atomic E-state index is 0.0511. The molecule has 1 amide bonds. The van der Waals surface area contributed by atoms with Gasteiger partial charge in [-0.3, -0.25) is 4.79 Å². The Kier molecular flexibility index (Phi) is 4.90. The molecule has 2 rings (SSSR count). The average Bonchev–Trinajstić information content (AvgIpc) is 2.82. The number of rotatable bonds is 6. The van der Waals surface area contributed by atoms with Crippen molar-refractivity contribution in [3.63, 3.8) is 0 Å². The van der Waals surface area contributed by atoms with Crippen molar-refractivity contribution in [3.05, 3.63) is 42.2 Å². The lowest BCUT2D eigenvalue weighted by Gasteiger charge is -2.04. The Hall–Kier alpha value is -2.14. The number of likely N-dealkylation sites (N-methyl/N-ethyl adjacent to an activating group) is 1. The summed E-state index contributed by atoms with van der Waals surface area (Å²) in [6, 6.07) is 3.95. The van der Waals surface area contributed by atoms with Gasteiger partial charge in [0.25, 0.3) is 0 Å². The number of aromatic amines is 1. The second-order valence-corrected chi connectivity index (χ2v) is 4.92. The number of pyridine rings is 1. The minimum Gasteiger partial charge on any atom is -0.352 e. The largest absolute Gasteiger partial charge is 0.352 e. The standard InChI is InChI=1S/C15H20N4O/c1-19(2)10-4-6-14(20)16-9-7-12-11-18-15-13(12)5-3-8-17-15/h3-6,8,11H,7,9-10H2,1-2H3,(H,16,20)(H,17,18)/b6-4+. The predicted molar refractivity (Wildman–Crippen MR) is 80.5 cm³/mol. The van der Waals surface area contributed by atoms with Gasteiger partial charge in [-0.2, -0.15) is 0 Å². The summed E-state index contributed by atoms with van der Waals surface area (Å²) in [6.07, 6.45) is 7.94. The molecule has 2 N–H and O–H groups in total. The topological polar surface area (TPSA) is 61.0 Å². The van der Waals surface area contributed by atoms with Crippen molar-refractivity contribution in [3.8, 4) is 0 Å².